The number of nitrogens with zero attached hydrogens (tertiary/aromatic N) is 2. The molecule has 2 aromatic rings. The Bertz CT molecular complexity index is 1120. The summed E-state index contributed by atoms with van der Waals surface area (Å²) < 4.78 is 6.28. The van der Waals surface area contributed by atoms with Crippen LogP contribution in [0.2, 0.25) is 0 Å². The number of hydrogen-bond donors (Lipinski definition) is 1. The Hall–Kier alpha value is -3.12. The van der Waals surface area contributed by atoms with Crippen LogP contribution in [0.25, 0.3) is 6.08 Å². The lowest BCUT2D eigenvalue weighted by molar-refractivity contribution is -0.149. The summed E-state index contributed by atoms with van der Waals surface area (Å²) in [6.07, 6.45) is 11.2. The second kappa shape index (κ2) is 12.6. The van der Waals surface area contributed by atoms with Gasteiger partial charge >= 0.3 is 0 Å². The molecule has 38 heavy (non-hydrogen) atoms. The number of fused-ring (bicyclic) bond motifs is 1. The van der Waals surface area contributed by atoms with Gasteiger partial charge in [0.05, 0.1) is 6.04 Å². The first-order chi connectivity index (χ1) is 18.6. The lowest BCUT2D eigenvalue weighted by Crippen LogP contribution is -2.54. The molecule has 0 aromatic heterocycles. The van der Waals surface area contributed by atoms with Crippen LogP contribution in [0.15, 0.2) is 54.3 Å². The van der Waals surface area contributed by atoms with Crippen LogP contribution >= 0.6 is 0 Å². The summed E-state index contributed by atoms with van der Waals surface area (Å²) in [5, 5.41) is 3.06. The summed E-state index contributed by atoms with van der Waals surface area (Å²) in [5.41, 5.74) is 3.85. The molecule has 1 N–H and O–H groups in total. The minimum atomic E-state index is -0.0571. The molecule has 0 bridgehead atoms. The first-order valence-electron chi connectivity index (χ1n) is 14.4. The molecule has 0 radical (unpaired) electrons. The summed E-state index contributed by atoms with van der Waals surface area (Å²) in [5.74, 6) is 0.289. The van der Waals surface area contributed by atoms with Crippen molar-refractivity contribution in [2.45, 2.75) is 77.0 Å². The number of ether oxygens (including phenoxy) is 1. The zero-order valence-corrected chi connectivity index (χ0v) is 22.7. The van der Waals surface area contributed by atoms with E-state index >= 15 is 0 Å². The third kappa shape index (κ3) is 6.65. The molecule has 6 nitrogen and oxygen atoms in total. The van der Waals surface area contributed by atoms with E-state index in [0.29, 0.717) is 24.4 Å². The topological polar surface area (TPSA) is 61.9 Å². The minimum Gasteiger partial charge on any atom is -0.482 e. The summed E-state index contributed by atoms with van der Waals surface area (Å²) in [4.78, 5) is 30.7. The van der Waals surface area contributed by atoms with Gasteiger partial charge in [-0.05, 0) is 81.5 Å². The minimum absolute atomic E-state index is 0.0346. The lowest BCUT2D eigenvalue weighted by atomic mass is 9.89. The van der Waals surface area contributed by atoms with Gasteiger partial charge < -0.3 is 19.9 Å². The van der Waals surface area contributed by atoms with E-state index in [4.69, 9.17) is 4.74 Å². The van der Waals surface area contributed by atoms with Gasteiger partial charge in [0.2, 0.25) is 0 Å². The van der Waals surface area contributed by atoms with Crippen LogP contribution in [0, 0.1) is 6.92 Å². The molecule has 2 heterocycles. The molecular formula is C32H41N3O3. The average Bonchev–Trinajstić information content (AvgIpc) is 3.21. The van der Waals surface area contributed by atoms with Gasteiger partial charge in [-0.1, -0.05) is 61.2 Å². The summed E-state index contributed by atoms with van der Waals surface area (Å²) in [6, 6.07) is 16.0. The predicted molar refractivity (Wildman–Crippen MR) is 151 cm³/mol. The Balaban J connectivity index is 1.23. The Labute approximate surface area is 227 Å². The van der Waals surface area contributed by atoms with Crippen molar-refractivity contribution in [2.75, 3.05) is 26.2 Å². The molecule has 1 saturated carbocycles. The van der Waals surface area contributed by atoms with Crippen LogP contribution in [0.4, 0.5) is 0 Å². The van der Waals surface area contributed by atoms with E-state index in [-0.39, 0.29) is 24.0 Å². The van der Waals surface area contributed by atoms with Gasteiger partial charge in [0.1, 0.15) is 6.10 Å². The molecule has 3 aliphatic rings. The normalized spacial score (nSPS) is 23.4. The number of nitrogens with one attached hydrogen (secondary N) is 1. The molecule has 2 amide bonds. The van der Waals surface area contributed by atoms with E-state index in [1.807, 2.05) is 35.2 Å². The second-order valence-electron chi connectivity index (χ2n) is 11.1. The SMILES string of the molecule is Cc1ccc(CN2C(=O)/C(=C\c3ccc(C(=O)NCCN4CCCCCC4)cc3)OC3CCCCC32)cc1. The van der Waals surface area contributed by atoms with Crippen LogP contribution in [-0.4, -0.2) is 59.9 Å². The van der Waals surface area contributed by atoms with E-state index in [0.717, 1.165) is 56.4 Å². The van der Waals surface area contributed by atoms with Crippen LogP contribution < -0.4 is 5.32 Å². The maximum absolute atomic E-state index is 13.6. The fourth-order valence-electron chi connectivity index (χ4n) is 5.92. The Morgan fingerprint density at radius 2 is 1.66 bits per heavy atom. The van der Waals surface area contributed by atoms with E-state index in [1.165, 1.54) is 31.2 Å². The molecular weight excluding hydrogens is 474 g/mol. The number of morpholine rings is 1. The van der Waals surface area contributed by atoms with E-state index in [2.05, 4.69) is 41.4 Å². The van der Waals surface area contributed by atoms with Crippen molar-refractivity contribution < 1.29 is 14.3 Å². The maximum Gasteiger partial charge on any atom is 0.289 e. The highest BCUT2D eigenvalue weighted by Crippen LogP contribution is 2.34. The number of likely N-dealkylation sites (tertiary alicyclic amines) is 1. The average molecular weight is 516 g/mol. The van der Waals surface area contributed by atoms with Crippen LogP contribution in [0.1, 0.15) is 78.4 Å². The molecule has 1 aliphatic carbocycles. The van der Waals surface area contributed by atoms with Crippen molar-refractivity contribution in [2.24, 2.45) is 0 Å². The van der Waals surface area contributed by atoms with Gasteiger partial charge in [-0.25, -0.2) is 0 Å². The highest BCUT2D eigenvalue weighted by atomic mass is 16.5. The molecule has 0 spiro atoms. The molecule has 2 unspecified atom stereocenters. The van der Waals surface area contributed by atoms with Gasteiger partial charge in [-0.15, -0.1) is 0 Å². The lowest BCUT2D eigenvalue weighted by Gasteiger charge is -2.44. The molecule has 2 aliphatic heterocycles. The number of rotatable bonds is 7. The van der Waals surface area contributed by atoms with Crippen molar-refractivity contribution in [3.05, 3.63) is 76.5 Å². The molecule has 2 atom stereocenters. The van der Waals surface area contributed by atoms with Gasteiger partial charge in [-0.2, -0.15) is 0 Å². The highest BCUT2D eigenvalue weighted by Gasteiger charge is 2.41. The van der Waals surface area contributed by atoms with E-state index < -0.39 is 0 Å². The molecule has 202 valence electrons. The van der Waals surface area contributed by atoms with Gasteiger partial charge in [0.25, 0.3) is 11.8 Å². The third-order valence-corrected chi connectivity index (χ3v) is 8.17. The van der Waals surface area contributed by atoms with Crippen LogP contribution in [0.5, 0.6) is 0 Å². The van der Waals surface area contributed by atoms with Crippen molar-refractivity contribution >= 4 is 17.9 Å². The number of hydrogen-bond acceptors (Lipinski definition) is 4. The van der Waals surface area contributed by atoms with Crippen molar-refractivity contribution in [3.8, 4) is 0 Å². The fraction of sp³-hybridized carbons (Fsp3) is 0.500. The van der Waals surface area contributed by atoms with Crippen molar-refractivity contribution in [1.29, 1.82) is 0 Å². The Kier molecular flexibility index (Phi) is 8.79. The quantitative estimate of drug-likeness (QED) is 0.508. The third-order valence-electron chi connectivity index (χ3n) is 8.17. The first-order valence-corrected chi connectivity index (χ1v) is 14.4. The molecule has 5 rings (SSSR count). The number of carbonyl (C=O) groups is 2. The van der Waals surface area contributed by atoms with Gasteiger partial charge in [-0.3, -0.25) is 9.59 Å². The summed E-state index contributed by atoms with van der Waals surface area (Å²) in [7, 11) is 0. The smallest absolute Gasteiger partial charge is 0.289 e. The number of carbonyl (C=O) groups excluding carboxylic acids is 2. The van der Waals surface area contributed by atoms with Crippen LogP contribution in [-0.2, 0) is 16.1 Å². The van der Waals surface area contributed by atoms with Crippen molar-refractivity contribution in [3.63, 3.8) is 0 Å². The zero-order valence-electron chi connectivity index (χ0n) is 22.7. The van der Waals surface area contributed by atoms with Crippen molar-refractivity contribution in [1.82, 2.24) is 15.1 Å². The fourth-order valence-corrected chi connectivity index (χ4v) is 5.92. The van der Waals surface area contributed by atoms with E-state index in [1.54, 1.807) is 0 Å². The number of amides is 2. The largest absolute Gasteiger partial charge is 0.482 e. The van der Waals surface area contributed by atoms with Crippen LogP contribution in [0.3, 0.4) is 0 Å². The Morgan fingerprint density at radius 1 is 0.947 bits per heavy atom. The molecule has 2 saturated heterocycles. The standard InChI is InChI=1S/C32H41N3O3/c1-24-10-12-26(13-11-24)23-35-28-8-4-5-9-29(28)38-30(32(35)37)22-25-14-16-27(17-15-25)31(36)33-18-21-34-19-6-2-3-7-20-34/h10-17,22,28-29H,2-9,18-21,23H2,1H3,(H,33,36)/b30-22+. The number of benzene rings is 2. The maximum atomic E-state index is 13.6. The Morgan fingerprint density at radius 3 is 2.39 bits per heavy atom. The number of aryl methyl sites for hydroxylation is 1. The monoisotopic (exact) mass is 515 g/mol. The zero-order chi connectivity index (χ0) is 26.3. The predicted octanol–water partition coefficient (Wildman–Crippen LogP) is 5.31. The van der Waals surface area contributed by atoms with Gasteiger partial charge in [0.15, 0.2) is 5.76 Å². The molecule has 3 fully saturated rings. The molecule has 6 heteroatoms. The van der Waals surface area contributed by atoms with Gasteiger partial charge in [0, 0.05) is 25.2 Å². The second-order valence-corrected chi connectivity index (χ2v) is 11.1. The summed E-state index contributed by atoms with van der Waals surface area (Å²) >= 11 is 0. The summed E-state index contributed by atoms with van der Waals surface area (Å²) in [6.45, 7) is 6.49. The first kappa shape index (κ1) is 26.5. The molecule has 2 aromatic carbocycles. The highest BCUT2D eigenvalue weighted by molar-refractivity contribution is 5.97. The van der Waals surface area contributed by atoms with E-state index in [9.17, 15) is 9.59 Å².